The van der Waals surface area contributed by atoms with E-state index in [4.69, 9.17) is 4.74 Å². The number of ether oxygens (including phenoxy) is 1. The van der Waals surface area contributed by atoms with Crippen LogP contribution in [0.4, 0.5) is 0 Å². The van der Waals surface area contributed by atoms with Gasteiger partial charge in [-0.1, -0.05) is 19.4 Å². The summed E-state index contributed by atoms with van der Waals surface area (Å²) >= 11 is 0. The van der Waals surface area contributed by atoms with Gasteiger partial charge in [0.25, 0.3) is 0 Å². The molecule has 3 saturated carbocycles. The lowest BCUT2D eigenvalue weighted by molar-refractivity contribution is -0.282. The maximum absolute atomic E-state index is 12.4. The van der Waals surface area contributed by atoms with Gasteiger partial charge in [0.2, 0.25) is 0 Å². The van der Waals surface area contributed by atoms with Gasteiger partial charge in [-0.15, -0.1) is 0 Å². The quantitative estimate of drug-likeness (QED) is 0.641. The number of aliphatic hydroxyl groups is 1. The van der Waals surface area contributed by atoms with Crippen LogP contribution in [0.5, 0.6) is 0 Å². The molecule has 0 radical (unpaired) electrons. The van der Waals surface area contributed by atoms with E-state index in [1.54, 1.807) is 6.08 Å². The minimum atomic E-state index is -1.21. The molecule has 5 aliphatic rings. The first kappa shape index (κ1) is 20.2. The first-order valence-electron chi connectivity index (χ1n) is 11.1. The van der Waals surface area contributed by atoms with Gasteiger partial charge >= 0.3 is 11.9 Å². The molecule has 2 unspecified atom stereocenters. The lowest BCUT2D eigenvalue weighted by Gasteiger charge is -2.68. The molecule has 2 bridgehead atoms. The number of fused-ring (bicyclic) bond motifs is 4. The molecule has 164 valence electrons. The zero-order valence-electron chi connectivity index (χ0n) is 17.5. The summed E-state index contributed by atoms with van der Waals surface area (Å²) in [7, 11) is 0. The number of hydrogen-bond acceptors (Lipinski definition) is 5. The van der Waals surface area contributed by atoms with Crippen LogP contribution >= 0.6 is 0 Å². The molecule has 0 spiro atoms. The van der Waals surface area contributed by atoms with E-state index in [0.29, 0.717) is 25.7 Å². The molecule has 0 aromatic carbocycles. The smallest absolute Gasteiger partial charge is 0.307 e. The van der Waals surface area contributed by atoms with E-state index >= 15 is 0 Å². The van der Waals surface area contributed by atoms with E-state index in [9.17, 15) is 29.7 Å². The summed E-state index contributed by atoms with van der Waals surface area (Å²) in [6.45, 7) is 4.11. The molecular weight excluding hydrogens is 388 g/mol. The first-order chi connectivity index (χ1) is 14.0. The fourth-order valence-corrected chi connectivity index (χ4v) is 8.24. The molecule has 9 atom stereocenters. The summed E-state index contributed by atoms with van der Waals surface area (Å²) in [5.41, 5.74) is -1.36. The van der Waals surface area contributed by atoms with E-state index in [0.717, 1.165) is 5.57 Å². The summed E-state index contributed by atoms with van der Waals surface area (Å²) in [5, 5.41) is 31.0. The number of ketones is 1. The van der Waals surface area contributed by atoms with Crippen LogP contribution in [0, 0.1) is 34.5 Å². The standard InChI is InChI=1S/C23H30O7/c1-21-11-7-12(24)9-16(21)30-17-10-15(21)19(13(8-11)20(27)28)14-3-5-23(29,22(14,17)2)6-4-18(25)26/h7,13-17,19,29H,3-6,8-10H2,1-2H3,(H,25,26)(H,27,28)/t13?,14-,15?,16-,17+,19-,21-,22+,23+/m0/s1. The van der Waals surface area contributed by atoms with Crippen LogP contribution in [0.15, 0.2) is 11.6 Å². The van der Waals surface area contributed by atoms with Gasteiger partial charge < -0.3 is 20.1 Å². The lowest BCUT2D eigenvalue weighted by Crippen LogP contribution is -2.70. The second kappa shape index (κ2) is 6.16. The number of rotatable bonds is 4. The van der Waals surface area contributed by atoms with Crippen molar-refractivity contribution < 1.29 is 34.4 Å². The molecule has 30 heavy (non-hydrogen) atoms. The van der Waals surface area contributed by atoms with Gasteiger partial charge in [0.1, 0.15) is 0 Å². The van der Waals surface area contributed by atoms with Gasteiger partial charge in [-0.25, -0.2) is 0 Å². The molecule has 5 rings (SSSR count). The van der Waals surface area contributed by atoms with Crippen LogP contribution in [0.25, 0.3) is 0 Å². The van der Waals surface area contributed by atoms with Crippen molar-refractivity contribution in [1.29, 1.82) is 0 Å². The third-order valence-electron chi connectivity index (χ3n) is 9.86. The van der Waals surface area contributed by atoms with Gasteiger partial charge in [-0.05, 0) is 55.9 Å². The average molecular weight is 418 g/mol. The molecule has 7 nitrogen and oxygen atoms in total. The van der Waals surface area contributed by atoms with Crippen LogP contribution in [0.3, 0.4) is 0 Å². The summed E-state index contributed by atoms with van der Waals surface area (Å²) in [6, 6.07) is 0. The summed E-state index contributed by atoms with van der Waals surface area (Å²) in [4.78, 5) is 36.0. The molecule has 1 heterocycles. The highest BCUT2D eigenvalue weighted by Gasteiger charge is 2.73. The normalized spacial score (nSPS) is 51.2. The molecule has 0 aromatic heterocycles. The lowest BCUT2D eigenvalue weighted by atomic mass is 9.41. The molecule has 0 amide bonds. The maximum Gasteiger partial charge on any atom is 0.307 e. The Labute approximate surface area is 175 Å². The molecule has 3 N–H and O–H groups in total. The Hall–Kier alpha value is -1.73. The zero-order valence-corrected chi connectivity index (χ0v) is 17.5. The van der Waals surface area contributed by atoms with Crippen molar-refractivity contribution in [3.63, 3.8) is 0 Å². The van der Waals surface area contributed by atoms with Gasteiger partial charge in [0.15, 0.2) is 5.78 Å². The maximum atomic E-state index is 12.4. The highest BCUT2D eigenvalue weighted by molar-refractivity contribution is 5.92. The Bertz CT molecular complexity index is 864. The Balaban J connectivity index is 1.64. The predicted octanol–water partition coefficient (Wildman–Crippen LogP) is 2.41. The van der Waals surface area contributed by atoms with Crippen LogP contribution in [-0.2, 0) is 19.1 Å². The highest BCUT2D eigenvalue weighted by Crippen LogP contribution is 2.72. The van der Waals surface area contributed by atoms with Crippen molar-refractivity contribution in [2.45, 2.75) is 76.6 Å². The van der Waals surface area contributed by atoms with Crippen LogP contribution in [-0.4, -0.2) is 50.9 Å². The van der Waals surface area contributed by atoms with Crippen molar-refractivity contribution in [3.8, 4) is 0 Å². The summed E-state index contributed by atoms with van der Waals surface area (Å²) in [5.74, 6) is -2.46. The van der Waals surface area contributed by atoms with E-state index in [1.165, 1.54) is 0 Å². The van der Waals surface area contributed by atoms with E-state index in [-0.39, 0.29) is 60.4 Å². The molecule has 0 aromatic rings. The Morgan fingerprint density at radius 1 is 1.17 bits per heavy atom. The Morgan fingerprint density at radius 3 is 2.57 bits per heavy atom. The Morgan fingerprint density at radius 2 is 1.90 bits per heavy atom. The first-order valence-corrected chi connectivity index (χ1v) is 11.1. The SMILES string of the molecule is C[C@]12[C@H]3CC4[C@@H](C(C(=O)O)CC5=CC(=O)C[C@H](O3)[C@@]54C)[C@@H]1CC[C@@]2(O)CCC(=O)O. The molecule has 1 aliphatic heterocycles. The number of carbonyl (C=O) groups is 3. The van der Waals surface area contributed by atoms with Crippen molar-refractivity contribution in [3.05, 3.63) is 11.6 Å². The molecule has 4 fully saturated rings. The van der Waals surface area contributed by atoms with Crippen molar-refractivity contribution >= 4 is 17.7 Å². The van der Waals surface area contributed by atoms with Crippen LogP contribution < -0.4 is 0 Å². The summed E-state index contributed by atoms with van der Waals surface area (Å²) < 4.78 is 6.59. The molecule has 4 aliphatic carbocycles. The third kappa shape index (κ3) is 2.31. The second-order valence-corrected chi connectivity index (χ2v) is 10.7. The highest BCUT2D eigenvalue weighted by atomic mass is 16.5. The van der Waals surface area contributed by atoms with Gasteiger partial charge in [-0.3, -0.25) is 14.4 Å². The number of carboxylic acid groups (broad SMARTS) is 2. The van der Waals surface area contributed by atoms with Gasteiger partial charge in [0, 0.05) is 23.7 Å². The number of hydrogen-bond donors (Lipinski definition) is 3. The zero-order chi connectivity index (χ0) is 21.6. The molecule has 1 saturated heterocycles. The van der Waals surface area contributed by atoms with Gasteiger partial charge in [0.05, 0.1) is 23.7 Å². The monoisotopic (exact) mass is 418 g/mol. The minimum Gasteiger partial charge on any atom is -0.481 e. The number of carboxylic acids is 2. The van der Waals surface area contributed by atoms with Crippen LogP contribution in [0.1, 0.15) is 58.8 Å². The number of carbonyl (C=O) groups excluding carboxylic acids is 1. The second-order valence-electron chi connectivity index (χ2n) is 10.7. The van der Waals surface area contributed by atoms with Gasteiger partial charge in [-0.2, -0.15) is 0 Å². The fraction of sp³-hybridized carbons (Fsp3) is 0.783. The van der Waals surface area contributed by atoms with Crippen molar-refractivity contribution in [2.24, 2.45) is 34.5 Å². The fourth-order valence-electron chi connectivity index (χ4n) is 8.24. The number of aliphatic carboxylic acids is 2. The Kier molecular flexibility index (Phi) is 4.15. The van der Waals surface area contributed by atoms with E-state index in [1.807, 2.05) is 6.92 Å². The van der Waals surface area contributed by atoms with Crippen molar-refractivity contribution in [2.75, 3.05) is 0 Å². The van der Waals surface area contributed by atoms with Crippen molar-refractivity contribution in [1.82, 2.24) is 0 Å². The van der Waals surface area contributed by atoms with E-state index < -0.39 is 28.9 Å². The topological polar surface area (TPSA) is 121 Å². The predicted molar refractivity (Wildman–Crippen MR) is 104 cm³/mol. The molecular formula is C23H30O7. The molecule has 7 heteroatoms. The van der Waals surface area contributed by atoms with Crippen LogP contribution in [0.2, 0.25) is 0 Å². The largest absolute Gasteiger partial charge is 0.481 e. The van der Waals surface area contributed by atoms with E-state index in [2.05, 4.69) is 6.92 Å². The third-order valence-corrected chi connectivity index (χ3v) is 9.86. The minimum absolute atomic E-state index is 0.0238. The summed E-state index contributed by atoms with van der Waals surface area (Å²) in [6.07, 6.45) is 3.47. The average Bonchev–Trinajstić information content (AvgIpc) is 2.93.